The second-order valence-electron chi connectivity index (χ2n) is 4.15. The average Bonchev–Trinajstić information content (AvgIpc) is 2.36. The second-order valence-corrected chi connectivity index (χ2v) is 4.15. The summed E-state index contributed by atoms with van der Waals surface area (Å²) in [5.41, 5.74) is 0. The van der Waals surface area contributed by atoms with Gasteiger partial charge >= 0.3 is 0 Å². The molecule has 0 aromatic rings. The molecule has 0 saturated carbocycles. The lowest BCUT2D eigenvalue weighted by atomic mass is 10.2. The fraction of sp³-hybridized carbons (Fsp3) is 0.818. The van der Waals surface area contributed by atoms with Crippen molar-refractivity contribution in [2.45, 2.75) is 39.8 Å². The summed E-state index contributed by atoms with van der Waals surface area (Å²) in [5, 5.41) is 0. The molecule has 1 unspecified atom stereocenters. The minimum absolute atomic E-state index is 0.625. The molecule has 1 heterocycles. The molecule has 2 nitrogen and oxygen atoms in total. The molecule has 1 atom stereocenters. The van der Waals surface area contributed by atoms with E-state index >= 15 is 0 Å². The number of rotatable bonds is 4. The molecular weight excluding hydrogens is 160 g/mol. The molecule has 0 spiro atoms. The molecule has 0 saturated heterocycles. The van der Waals surface area contributed by atoms with Gasteiger partial charge in [0.05, 0.1) is 19.3 Å². The van der Waals surface area contributed by atoms with Crippen LogP contribution in [-0.2, 0) is 0 Å². The van der Waals surface area contributed by atoms with E-state index in [1.54, 1.807) is 0 Å². The van der Waals surface area contributed by atoms with Crippen LogP contribution in [0.5, 0.6) is 0 Å². The highest BCUT2D eigenvalue weighted by Crippen LogP contribution is 2.25. The maximum absolute atomic E-state index is 2.37. The summed E-state index contributed by atoms with van der Waals surface area (Å²) in [5.74, 6) is 0. The van der Waals surface area contributed by atoms with Gasteiger partial charge in [-0.2, -0.15) is 0 Å². The molecule has 0 fully saturated rings. The van der Waals surface area contributed by atoms with E-state index in [2.05, 4.69) is 45.1 Å². The zero-order valence-electron chi connectivity index (χ0n) is 9.45. The van der Waals surface area contributed by atoms with Crippen LogP contribution in [-0.4, -0.2) is 35.7 Å². The van der Waals surface area contributed by atoms with Gasteiger partial charge in [-0.15, -0.1) is 0 Å². The first-order valence-electron chi connectivity index (χ1n) is 5.44. The van der Waals surface area contributed by atoms with E-state index in [0.29, 0.717) is 6.17 Å². The normalized spacial score (nSPS) is 25.5. The van der Waals surface area contributed by atoms with Gasteiger partial charge in [0, 0.05) is 14.0 Å². The van der Waals surface area contributed by atoms with Crippen LogP contribution in [0.25, 0.3) is 0 Å². The Kier molecular flexibility index (Phi) is 3.37. The molecule has 0 bridgehead atoms. The fourth-order valence-corrected chi connectivity index (χ4v) is 2.32. The second kappa shape index (κ2) is 4.14. The Morgan fingerprint density at radius 3 is 2.08 bits per heavy atom. The summed E-state index contributed by atoms with van der Waals surface area (Å²) in [7, 11) is 2.17. The number of hydrogen-bond donors (Lipinski definition) is 0. The molecule has 0 N–H and O–H groups in total. The molecule has 0 aromatic heterocycles. The van der Waals surface area contributed by atoms with Crippen molar-refractivity contribution in [1.82, 2.24) is 4.90 Å². The monoisotopic (exact) mass is 183 g/mol. The van der Waals surface area contributed by atoms with Crippen molar-refractivity contribution in [3.05, 3.63) is 12.4 Å². The summed E-state index contributed by atoms with van der Waals surface area (Å²) in [4.78, 5) is 2.32. The third-order valence-electron chi connectivity index (χ3n) is 3.21. The largest absolute Gasteiger partial charge is 0.327 e. The highest BCUT2D eigenvalue weighted by molar-refractivity contribution is 4.84. The molecule has 0 aliphatic carbocycles. The third kappa shape index (κ3) is 1.88. The van der Waals surface area contributed by atoms with E-state index in [0.717, 1.165) is 4.48 Å². The van der Waals surface area contributed by atoms with Crippen molar-refractivity contribution in [2.24, 2.45) is 0 Å². The highest BCUT2D eigenvalue weighted by atomic mass is 15.5. The topological polar surface area (TPSA) is 3.24 Å². The minimum atomic E-state index is 0.625. The summed E-state index contributed by atoms with van der Waals surface area (Å²) in [6.07, 6.45) is 7.76. The Bertz CT molecular complexity index is 181. The van der Waals surface area contributed by atoms with Crippen LogP contribution in [0.2, 0.25) is 0 Å². The van der Waals surface area contributed by atoms with Crippen LogP contribution < -0.4 is 0 Å². The van der Waals surface area contributed by atoms with Crippen LogP contribution in [0.15, 0.2) is 12.4 Å². The molecular formula is C11H23N2+. The highest BCUT2D eigenvalue weighted by Gasteiger charge is 2.36. The Balaban J connectivity index is 2.73. The number of hydrogen-bond acceptors (Lipinski definition) is 1. The van der Waals surface area contributed by atoms with Gasteiger partial charge in [-0.25, -0.2) is 0 Å². The fourth-order valence-electron chi connectivity index (χ4n) is 2.32. The van der Waals surface area contributed by atoms with Crippen molar-refractivity contribution in [3.63, 3.8) is 0 Å². The first-order valence-corrected chi connectivity index (χ1v) is 5.44. The SMILES string of the molecule is CCC[N+]1(CCC)C=CN(C)C1C. The Hall–Kier alpha value is -0.500. The average molecular weight is 183 g/mol. The summed E-state index contributed by atoms with van der Waals surface area (Å²) < 4.78 is 1.16. The molecule has 0 radical (unpaired) electrons. The van der Waals surface area contributed by atoms with Crippen LogP contribution in [0, 0.1) is 0 Å². The van der Waals surface area contributed by atoms with E-state index < -0.39 is 0 Å². The molecule has 1 aliphatic rings. The van der Waals surface area contributed by atoms with Gasteiger partial charge in [0.15, 0.2) is 6.17 Å². The van der Waals surface area contributed by atoms with Gasteiger partial charge in [-0.3, -0.25) is 4.48 Å². The standard InChI is InChI=1S/C11H23N2/c1-5-8-13(9-6-2)10-7-12(4)11(13)3/h7,10-11H,5-6,8-9H2,1-4H3/q+1. The predicted octanol–water partition coefficient (Wildman–Crippen LogP) is 2.39. The summed E-state index contributed by atoms with van der Waals surface area (Å²) in [6.45, 7) is 9.42. The first-order chi connectivity index (χ1) is 6.16. The van der Waals surface area contributed by atoms with Gasteiger partial charge in [0.25, 0.3) is 0 Å². The Morgan fingerprint density at radius 1 is 1.23 bits per heavy atom. The smallest absolute Gasteiger partial charge is 0.165 e. The lowest BCUT2D eigenvalue weighted by molar-refractivity contribution is -0.905. The molecule has 13 heavy (non-hydrogen) atoms. The van der Waals surface area contributed by atoms with E-state index in [-0.39, 0.29) is 0 Å². The molecule has 1 aliphatic heterocycles. The van der Waals surface area contributed by atoms with Gasteiger partial charge in [0.2, 0.25) is 0 Å². The van der Waals surface area contributed by atoms with Gasteiger partial charge < -0.3 is 4.90 Å². The Morgan fingerprint density at radius 2 is 1.77 bits per heavy atom. The van der Waals surface area contributed by atoms with Crippen LogP contribution in [0.4, 0.5) is 0 Å². The van der Waals surface area contributed by atoms with Crippen molar-refractivity contribution in [2.75, 3.05) is 20.1 Å². The van der Waals surface area contributed by atoms with Crippen molar-refractivity contribution in [3.8, 4) is 0 Å². The van der Waals surface area contributed by atoms with Gasteiger partial charge in [-0.05, 0) is 12.8 Å². The van der Waals surface area contributed by atoms with E-state index in [1.807, 2.05) is 0 Å². The third-order valence-corrected chi connectivity index (χ3v) is 3.21. The number of nitrogens with zero attached hydrogens (tertiary/aromatic N) is 2. The van der Waals surface area contributed by atoms with Crippen LogP contribution >= 0.6 is 0 Å². The molecule has 0 amide bonds. The maximum Gasteiger partial charge on any atom is 0.165 e. The number of quaternary nitrogens is 1. The van der Waals surface area contributed by atoms with Gasteiger partial charge in [0.1, 0.15) is 6.20 Å². The zero-order valence-corrected chi connectivity index (χ0v) is 9.45. The van der Waals surface area contributed by atoms with E-state index in [1.165, 1.54) is 25.9 Å². The quantitative estimate of drug-likeness (QED) is 0.605. The first kappa shape index (κ1) is 10.6. The van der Waals surface area contributed by atoms with Crippen molar-refractivity contribution >= 4 is 0 Å². The summed E-state index contributed by atoms with van der Waals surface area (Å²) >= 11 is 0. The minimum Gasteiger partial charge on any atom is -0.327 e. The predicted molar refractivity (Wildman–Crippen MR) is 56.9 cm³/mol. The zero-order chi connectivity index (χ0) is 9.90. The Labute approximate surface area is 82.4 Å². The van der Waals surface area contributed by atoms with Crippen molar-refractivity contribution in [1.29, 1.82) is 0 Å². The molecule has 0 aromatic carbocycles. The van der Waals surface area contributed by atoms with Crippen molar-refractivity contribution < 1.29 is 4.48 Å². The molecule has 76 valence electrons. The molecule has 1 rings (SSSR count). The molecule has 2 heteroatoms. The lowest BCUT2D eigenvalue weighted by Gasteiger charge is -2.38. The lowest BCUT2D eigenvalue weighted by Crippen LogP contribution is -2.52. The van der Waals surface area contributed by atoms with Gasteiger partial charge in [-0.1, -0.05) is 13.8 Å². The van der Waals surface area contributed by atoms with Crippen LogP contribution in [0.1, 0.15) is 33.6 Å². The van der Waals surface area contributed by atoms with E-state index in [4.69, 9.17) is 0 Å². The maximum atomic E-state index is 2.37. The summed E-state index contributed by atoms with van der Waals surface area (Å²) in [6, 6.07) is 0. The van der Waals surface area contributed by atoms with E-state index in [9.17, 15) is 0 Å². The van der Waals surface area contributed by atoms with Crippen LogP contribution in [0.3, 0.4) is 0 Å².